The summed E-state index contributed by atoms with van der Waals surface area (Å²) in [7, 11) is 0. The van der Waals surface area contributed by atoms with Gasteiger partial charge in [-0.25, -0.2) is 0 Å². The Bertz CT molecular complexity index is 2080. The third kappa shape index (κ3) is 11.3. The Labute approximate surface area is 359 Å². The summed E-state index contributed by atoms with van der Waals surface area (Å²) in [5, 5.41) is 59.1. The SMILES string of the molecule is CC[C@H](C)[C@@H]1NC(=O)CNC(=O)C2Cc3c([nH]c4cc(O)ccc34)SC[C@@H](NC(=O)CNC1=O)C(=O)N[C@@H](CC(=O)O)C(=O)N1CCC[C@H]1C(=O)N[C@@H]([C@@H](C)[C@@H](O)CO)C(=O)N2. The standard InChI is InChI=1S/C39H53N9O13S/c1-4-17(2)31-36(59)41-13-28(52)42-25-16-62-38-21(20-8-7-19(50)10-22(20)45-38)11-23(33(56)40-14-29(53)46-31)43-37(60)32(18(3)27(51)15-49)47-35(58)26-6-5-9-48(26)39(61)24(12-30(54)55)44-34(25)57/h7-8,10,17-18,23-27,31-32,45,49-51H,4-6,9,11-16H2,1-3H3,(H,40,56)(H,41,59)(H,42,52)(H,43,60)(H,44,57)(H,46,53)(H,47,58)(H,54,55)/t17-,18-,23?,24-,25+,26-,27-,31-,32-/m0/s1. The van der Waals surface area contributed by atoms with Crippen molar-refractivity contribution in [2.24, 2.45) is 11.8 Å². The van der Waals surface area contributed by atoms with Gasteiger partial charge in [-0.3, -0.25) is 43.2 Å². The fourth-order valence-electron chi connectivity index (χ4n) is 7.53. The molecule has 1 fully saturated rings. The van der Waals surface area contributed by atoms with Crippen LogP contribution in [0.3, 0.4) is 0 Å². The van der Waals surface area contributed by atoms with Crippen LogP contribution in [-0.2, 0) is 49.6 Å². The summed E-state index contributed by atoms with van der Waals surface area (Å²) in [4.78, 5) is 127. The molecule has 3 aliphatic heterocycles. The van der Waals surface area contributed by atoms with Crippen LogP contribution in [0.5, 0.6) is 5.75 Å². The minimum absolute atomic E-state index is 0.0452. The van der Waals surface area contributed by atoms with E-state index in [2.05, 4.69) is 42.2 Å². The number of phenols is 1. The molecule has 8 amide bonds. The van der Waals surface area contributed by atoms with E-state index < -0.39 is 134 Å². The third-order valence-electron chi connectivity index (χ3n) is 11.3. The van der Waals surface area contributed by atoms with E-state index in [9.17, 15) is 63.6 Å². The lowest BCUT2D eigenvalue weighted by molar-refractivity contribution is -0.146. The second-order valence-corrected chi connectivity index (χ2v) is 16.7. The number of H-pyrrole nitrogens is 1. The molecule has 2 bridgehead atoms. The first kappa shape index (κ1) is 47.1. The molecule has 62 heavy (non-hydrogen) atoms. The predicted molar refractivity (Wildman–Crippen MR) is 219 cm³/mol. The number of aromatic hydroxyl groups is 1. The number of carbonyl (C=O) groups is 9. The third-order valence-corrected chi connectivity index (χ3v) is 12.5. The molecule has 1 aromatic carbocycles. The van der Waals surface area contributed by atoms with Gasteiger partial charge in [0, 0.05) is 36.1 Å². The Morgan fingerprint density at radius 2 is 1.55 bits per heavy atom. The molecule has 2 aromatic rings. The normalized spacial score (nSPS) is 26.6. The summed E-state index contributed by atoms with van der Waals surface area (Å²) in [5.41, 5.74) is 0.710. The number of aliphatic hydroxyl groups is 2. The number of fused-ring (bicyclic) bond motifs is 5. The molecule has 9 atom stereocenters. The number of carboxylic acids is 1. The van der Waals surface area contributed by atoms with Gasteiger partial charge in [-0.15, -0.1) is 11.8 Å². The fraction of sp³-hybridized carbons (Fsp3) is 0.564. The number of carbonyl (C=O) groups excluding carboxylic acids is 8. The Morgan fingerprint density at radius 3 is 2.23 bits per heavy atom. The van der Waals surface area contributed by atoms with Crippen LogP contribution in [0.2, 0.25) is 0 Å². The highest BCUT2D eigenvalue weighted by atomic mass is 32.2. The molecule has 1 aromatic heterocycles. The van der Waals surface area contributed by atoms with Crippen LogP contribution in [0.25, 0.3) is 10.9 Å². The molecular formula is C39H53N9O13S. The molecule has 5 rings (SSSR count). The van der Waals surface area contributed by atoms with Crippen molar-refractivity contribution >= 4 is 75.9 Å². The number of hydrogen-bond donors (Lipinski definition) is 12. The average Bonchev–Trinajstić information content (AvgIpc) is 3.86. The van der Waals surface area contributed by atoms with Crippen LogP contribution in [-0.4, -0.2) is 158 Å². The Balaban J connectivity index is 1.69. The number of phenolic OH excluding ortho intramolecular Hbond substituents is 1. The number of amides is 8. The molecule has 0 saturated carbocycles. The number of carboxylic acid groups (broad SMARTS) is 1. The number of hydrogen-bond acceptors (Lipinski definition) is 13. The van der Waals surface area contributed by atoms with Crippen LogP contribution in [0.15, 0.2) is 23.2 Å². The molecule has 0 spiro atoms. The van der Waals surface area contributed by atoms with E-state index in [-0.39, 0.29) is 42.3 Å². The van der Waals surface area contributed by atoms with Crippen molar-refractivity contribution in [3.63, 3.8) is 0 Å². The zero-order valence-electron chi connectivity index (χ0n) is 34.3. The smallest absolute Gasteiger partial charge is 0.305 e. The van der Waals surface area contributed by atoms with Crippen LogP contribution >= 0.6 is 11.8 Å². The van der Waals surface area contributed by atoms with Gasteiger partial charge in [-0.2, -0.15) is 0 Å². The number of aromatic amines is 1. The van der Waals surface area contributed by atoms with Gasteiger partial charge < -0.3 is 67.5 Å². The zero-order chi connectivity index (χ0) is 45.4. The first-order valence-corrected chi connectivity index (χ1v) is 21.2. The molecule has 22 nitrogen and oxygen atoms in total. The monoisotopic (exact) mass is 887 g/mol. The second kappa shape index (κ2) is 20.8. The van der Waals surface area contributed by atoms with Crippen LogP contribution in [0, 0.1) is 11.8 Å². The Morgan fingerprint density at radius 1 is 0.855 bits per heavy atom. The van der Waals surface area contributed by atoms with Gasteiger partial charge in [0.1, 0.15) is 42.0 Å². The first-order valence-electron chi connectivity index (χ1n) is 20.2. The average molecular weight is 888 g/mol. The van der Waals surface area contributed by atoms with Crippen molar-refractivity contribution < 1.29 is 63.6 Å². The number of thioether (sulfide) groups is 1. The maximum Gasteiger partial charge on any atom is 0.305 e. The lowest BCUT2D eigenvalue weighted by Gasteiger charge is -2.33. The largest absolute Gasteiger partial charge is 0.508 e. The molecule has 1 unspecified atom stereocenters. The highest BCUT2D eigenvalue weighted by molar-refractivity contribution is 7.99. The van der Waals surface area contributed by atoms with Gasteiger partial charge in [-0.1, -0.05) is 27.2 Å². The lowest BCUT2D eigenvalue weighted by Crippen LogP contribution is -2.62. The lowest BCUT2D eigenvalue weighted by atomic mass is 9.94. The molecule has 4 heterocycles. The Kier molecular flexibility index (Phi) is 15.8. The number of nitrogens with one attached hydrogen (secondary N) is 8. The van der Waals surface area contributed by atoms with Gasteiger partial charge in [0.15, 0.2) is 0 Å². The minimum atomic E-state index is -1.75. The van der Waals surface area contributed by atoms with Crippen molar-refractivity contribution in [3.8, 4) is 5.75 Å². The maximum atomic E-state index is 14.4. The topological polar surface area (TPSA) is 338 Å². The number of benzene rings is 1. The predicted octanol–water partition coefficient (Wildman–Crippen LogP) is -3.31. The molecular weight excluding hydrogens is 835 g/mol. The fourth-order valence-corrected chi connectivity index (χ4v) is 8.65. The summed E-state index contributed by atoms with van der Waals surface area (Å²) < 4.78 is 0. The molecule has 12 N–H and O–H groups in total. The number of nitrogens with zero attached hydrogens (tertiary/aromatic N) is 1. The molecule has 338 valence electrons. The van der Waals surface area contributed by atoms with E-state index in [1.807, 2.05) is 0 Å². The van der Waals surface area contributed by atoms with Crippen molar-refractivity contribution in [2.45, 2.75) is 100 Å². The highest BCUT2D eigenvalue weighted by Crippen LogP contribution is 2.33. The summed E-state index contributed by atoms with van der Waals surface area (Å²) >= 11 is 0.957. The van der Waals surface area contributed by atoms with E-state index in [1.165, 1.54) is 25.1 Å². The molecule has 23 heteroatoms. The second-order valence-electron chi connectivity index (χ2n) is 15.7. The van der Waals surface area contributed by atoms with Crippen molar-refractivity contribution in [3.05, 3.63) is 23.8 Å². The first-order chi connectivity index (χ1) is 29.4. The van der Waals surface area contributed by atoms with Crippen molar-refractivity contribution in [1.82, 2.24) is 47.1 Å². The number of aromatic nitrogens is 1. The summed E-state index contributed by atoms with van der Waals surface area (Å²) in [6.45, 7) is 2.60. The van der Waals surface area contributed by atoms with Crippen molar-refractivity contribution in [1.29, 1.82) is 0 Å². The molecule has 0 radical (unpaired) electrons. The number of aliphatic hydroxyl groups excluding tert-OH is 2. The van der Waals surface area contributed by atoms with E-state index in [4.69, 9.17) is 0 Å². The number of rotatable bonds is 7. The van der Waals surface area contributed by atoms with Crippen molar-refractivity contribution in [2.75, 3.05) is 32.0 Å². The highest BCUT2D eigenvalue weighted by Gasteiger charge is 2.42. The van der Waals surface area contributed by atoms with E-state index in [0.717, 1.165) is 16.7 Å². The van der Waals surface area contributed by atoms with Crippen LogP contribution < -0.4 is 37.2 Å². The number of aliphatic carboxylic acids is 1. The molecule has 0 aliphatic carbocycles. The maximum absolute atomic E-state index is 14.4. The van der Waals surface area contributed by atoms with E-state index >= 15 is 0 Å². The van der Waals surface area contributed by atoms with Gasteiger partial charge in [0.25, 0.3) is 0 Å². The molecule has 1 saturated heterocycles. The van der Waals surface area contributed by atoms with Crippen LogP contribution in [0.4, 0.5) is 0 Å². The molecule has 3 aliphatic rings. The minimum Gasteiger partial charge on any atom is -0.508 e. The van der Waals surface area contributed by atoms with Gasteiger partial charge >= 0.3 is 5.97 Å². The summed E-state index contributed by atoms with van der Waals surface area (Å²) in [6, 6.07) is -4.63. The quantitative estimate of drug-likeness (QED) is 0.130. The van der Waals surface area contributed by atoms with E-state index in [0.29, 0.717) is 22.9 Å². The van der Waals surface area contributed by atoms with Crippen LogP contribution in [0.1, 0.15) is 52.0 Å². The van der Waals surface area contributed by atoms with Gasteiger partial charge in [-0.05, 0) is 36.5 Å². The van der Waals surface area contributed by atoms with Gasteiger partial charge in [0.05, 0.1) is 42.8 Å². The van der Waals surface area contributed by atoms with E-state index in [1.54, 1.807) is 13.8 Å². The zero-order valence-corrected chi connectivity index (χ0v) is 35.1. The Hall–Kier alpha value is -5.94. The summed E-state index contributed by atoms with van der Waals surface area (Å²) in [6.07, 6.45) is -2.09. The summed E-state index contributed by atoms with van der Waals surface area (Å²) in [5.74, 6) is -10.7. The van der Waals surface area contributed by atoms with Gasteiger partial charge in [0.2, 0.25) is 47.3 Å².